The molecule has 6 nitrogen and oxygen atoms in total. The second-order valence-corrected chi connectivity index (χ2v) is 1.78. The summed E-state index contributed by atoms with van der Waals surface area (Å²) in [5.74, 6) is 0. The van der Waals surface area contributed by atoms with Gasteiger partial charge >= 0.3 is 0 Å². The molecular weight excluding hydrogens is 280 g/mol. The molecule has 0 saturated heterocycles. The Balaban J connectivity index is -0.0000000189. The van der Waals surface area contributed by atoms with E-state index in [2.05, 4.69) is 6.92 Å². The number of aliphatic hydroxyl groups is 1. The molecule has 0 aromatic rings. The van der Waals surface area contributed by atoms with Crippen LogP contribution in [0, 0.1) is 0 Å². The minimum Gasteiger partial charge on any atom is -0.396 e. The number of aliphatic hydroxyl groups excluding tert-OH is 1. The summed E-state index contributed by atoms with van der Waals surface area (Å²) in [5, 5.41) is 8.29. The molecule has 0 spiro atoms. The fourth-order valence-corrected chi connectivity index (χ4v) is 0.539. The number of hydrogen-bond acceptors (Lipinski definition) is 6. The maximum Gasteiger partial charge on any atom is 0.106 e. The Morgan fingerprint density at radius 3 is 1.11 bits per heavy atom. The van der Waals surface area contributed by atoms with Gasteiger partial charge in [-0.15, -0.1) is 0 Å². The van der Waals surface area contributed by atoms with Crippen LogP contribution in [-0.4, -0.2) is 45.7 Å². The van der Waals surface area contributed by atoms with Crippen molar-refractivity contribution in [1.82, 2.24) is 0 Å². The predicted molar refractivity (Wildman–Crippen MR) is 66.8 cm³/mol. The molecule has 0 bridgehead atoms. The first-order valence-corrected chi connectivity index (χ1v) is 4.47. The van der Waals surface area contributed by atoms with Gasteiger partial charge in [-0.05, 0) is 6.42 Å². The van der Waals surface area contributed by atoms with Crippen molar-refractivity contribution in [2.75, 3.05) is 6.61 Å². The van der Waals surface area contributed by atoms with Crippen molar-refractivity contribution in [2.24, 2.45) is 0 Å². The van der Waals surface area contributed by atoms with Gasteiger partial charge in [-0.2, -0.15) is 0 Å². The molecule has 0 fully saturated rings. The summed E-state index contributed by atoms with van der Waals surface area (Å²) in [6.07, 6.45) is 4.68. The first-order chi connectivity index (χ1) is 8.41. The topological polar surface area (TPSA) is 106 Å². The zero-order chi connectivity index (χ0) is 15.5. The van der Waals surface area contributed by atoms with Gasteiger partial charge in [0.1, 0.15) is 33.9 Å². The molecule has 0 rings (SSSR count). The summed E-state index contributed by atoms with van der Waals surface area (Å²) in [4.78, 5) is 40.0. The van der Waals surface area contributed by atoms with Gasteiger partial charge in [0.25, 0.3) is 0 Å². The second kappa shape index (κ2) is 236. The van der Waals surface area contributed by atoms with Crippen LogP contribution in [0.25, 0.3) is 0 Å². The van der Waals surface area contributed by atoms with Crippen LogP contribution < -0.4 is 0 Å². The standard InChI is InChI=1S/C6H14O.5CH2O.Cr/c1-2-3-4-5-6-7;5*1-2;/h7H,2-6H2,1H3;5*1H2;. The molecule has 0 aromatic heterocycles. The Morgan fingerprint density at radius 2 is 0.944 bits per heavy atom. The van der Waals surface area contributed by atoms with Crippen LogP contribution in [0.1, 0.15) is 32.6 Å². The smallest absolute Gasteiger partial charge is 0.106 e. The van der Waals surface area contributed by atoms with E-state index in [1.165, 1.54) is 19.3 Å². The molecule has 0 aromatic carbocycles. The maximum absolute atomic E-state index is 8.29. The average Bonchev–Trinajstić information content (AvgIpc) is 2.50. The van der Waals surface area contributed by atoms with Crippen molar-refractivity contribution in [1.29, 1.82) is 0 Å². The van der Waals surface area contributed by atoms with Crippen molar-refractivity contribution in [3.8, 4) is 0 Å². The van der Waals surface area contributed by atoms with Gasteiger partial charge in [-0.1, -0.05) is 26.2 Å². The van der Waals surface area contributed by atoms with E-state index in [1.807, 2.05) is 33.9 Å². The molecule has 0 aliphatic heterocycles. The van der Waals surface area contributed by atoms with E-state index in [0.29, 0.717) is 6.61 Å². The van der Waals surface area contributed by atoms with Crippen LogP contribution in [0.5, 0.6) is 0 Å². The van der Waals surface area contributed by atoms with Gasteiger partial charge in [-0.3, -0.25) is 0 Å². The van der Waals surface area contributed by atoms with Gasteiger partial charge in [0, 0.05) is 24.0 Å². The van der Waals surface area contributed by atoms with Crippen molar-refractivity contribution in [2.45, 2.75) is 32.6 Å². The summed E-state index contributed by atoms with van der Waals surface area (Å²) < 4.78 is 0. The summed E-state index contributed by atoms with van der Waals surface area (Å²) >= 11 is 0. The molecule has 0 heterocycles. The summed E-state index contributed by atoms with van der Waals surface area (Å²) in [6.45, 7) is 12.5. The quantitative estimate of drug-likeness (QED) is 0.764. The second-order valence-electron chi connectivity index (χ2n) is 1.78. The Morgan fingerprint density at radius 1 is 0.667 bits per heavy atom. The van der Waals surface area contributed by atoms with Crippen molar-refractivity contribution in [3.63, 3.8) is 0 Å². The third kappa shape index (κ3) is 352. The number of hydrogen-bond donors (Lipinski definition) is 1. The Bertz CT molecular complexity index is 72.3. The van der Waals surface area contributed by atoms with Crippen molar-refractivity contribution in [3.05, 3.63) is 0 Å². The van der Waals surface area contributed by atoms with Crippen LogP contribution in [0.2, 0.25) is 0 Å². The number of unbranched alkanes of at least 4 members (excludes halogenated alkanes) is 3. The van der Waals surface area contributed by atoms with Crippen LogP contribution in [0.15, 0.2) is 0 Å². The fourth-order valence-electron chi connectivity index (χ4n) is 0.539. The van der Waals surface area contributed by atoms with Gasteiger partial charge in [-0.25, -0.2) is 0 Å². The molecule has 0 amide bonds. The molecule has 0 aliphatic rings. The molecular formula is C11H24CrO6. The number of rotatable bonds is 4. The first kappa shape index (κ1) is 43.6. The predicted octanol–water partition coefficient (Wildman–Crippen LogP) is 0.632. The zero-order valence-electron chi connectivity index (χ0n) is 11.0. The Kier molecular flexibility index (Phi) is 573. The van der Waals surface area contributed by atoms with Gasteiger partial charge in [0.2, 0.25) is 0 Å². The van der Waals surface area contributed by atoms with Gasteiger partial charge in [0.15, 0.2) is 0 Å². The van der Waals surface area contributed by atoms with Crippen molar-refractivity contribution >= 4 is 33.9 Å². The first-order valence-electron chi connectivity index (χ1n) is 4.47. The minimum absolute atomic E-state index is 0. The molecule has 0 atom stereocenters. The Hall–Kier alpha value is -1.16. The number of carbonyl (C=O) groups is 5. The Labute approximate surface area is 120 Å². The summed E-state index contributed by atoms with van der Waals surface area (Å²) in [7, 11) is 0. The number of carbonyl (C=O) groups excluding carboxylic acids is 5. The maximum atomic E-state index is 8.29. The largest absolute Gasteiger partial charge is 0.396 e. The van der Waals surface area contributed by atoms with Crippen LogP contribution in [-0.2, 0) is 41.3 Å². The average molecular weight is 304 g/mol. The molecule has 7 heteroatoms. The third-order valence-corrected chi connectivity index (χ3v) is 1.01. The van der Waals surface area contributed by atoms with Crippen LogP contribution in [0.3, 0.4) is 0 Å². The SMILES string of the molecule is C=O.C=O.C=O.C=O.C=O.CCCCCCO.[Cr]. The van der Waals surface area contributed by atoms with E-state index in [1.54, 1.807) is 0 Å². The molecule has 0 aliphatic carbocycles. The van der Waals surface area contributed by atoms with Crippen LogP contribution >= 0.6 is 0 Å². The molecule has 110 valence electrons. The fraction of sp³-hybridized carbons (Fsp3) is 0.545. The minimum atomic E-state index is 0. The van der Waals surface area contributed by atoms with Crippen LogP contribution in [0.4, 0.5) is 0 Å². The molecule has 1 N–H and O–H groups in total. The van der Waals surface area contributed by atoms with E-state index in [4.69, 9.17) is 29.1 Å². The summed E-state index contributed by atoms with van der Waals surface area (Å²) in [5.41, 5.74) is 0. The third-order valence-electron chi connectivity index (χ3n) is 1.01. The van der Waals surface area contributed by atoms with Crippen molar-refractivity contribution < 1.29 is 46.4 Å². The van der Waals surface area contributed by atoms with E-state index in [-0.39, 0.29) is 17.4 Å². The van der Waals surface area contributed by atoms with E-state index in [9.17, 15) is 0 Å². The molecule has 0 unspecified atom stereocenters. The zero-order valence-corrected chi connectivity index (χ0v) is 12.2. The summed E-state index contributed by atoms with van der Waals surface area (Å²) in [6, 6.07) is 0. The van der Waals surface area contributed by atoms with E-state index < -0.39 is 0 Å². The molecule has 0 saturated carbocycles. The van der Waals surface area contributed by atoms with E-state index >= 15 is 0 Å². The normalized spacial score (nSPS) is 4.78. The van der Waals surface area contributed by atoms with E-state index in [0.717, 1.165) is 6.42 Å². The molecule has 18 heavy (non-hydrogen) atoms. The monoisotopic (exact) mass is 304 g/mol. The molecule has 0 radical (unpaired) electrons. The van der Waals surface area contributed by atoms with Gasteiger partial charge in [0.05, 0.1) is 0 Å². The van der Waals surface area contributed by atoms with Gasteiger partial charge < -0.3 is 29.1 Å².